The molecule has 0 saturated carbocycles. The van der Waals surface area contributed by atoms with Crippen molar-refractivity contribution in [3.05, 3.63) is 24.3 Å². The van der Waals surface area contributed by atoms with Gasteiger partial charge in [-0.3, -0.25) is 0 Å². The summed E-state index contributed by atoms with van der Waals surface area (Å²) >= 11 is 0. The van der Waals surface area contributed by atoms with Crippen molar-refractivity contribution in [1.29, 1.82) is 0 Å². The molecule has 0 aliphatic carbocycles. The van der Waals surface area contributed by atoms with Gasteiger partial charge in [-0.2, -0.15) is 0 Å². The summed E-state index contributed by atoms with van der Waals surface area (Å²) in [5.41, 5.74) is 6.30. The minimum Gasteiger partial charge on any atom is -0.491 e. The number of anilines is 1. The third-order valence-corrected chi connectivity index (χ3v) is 3.70. The van der Waals surface area contributed by atoms with Crippen molar-refractivity contribution in [3.63, 3.8) is 0 Å². The molecule has 2 unspecified atom stereocenters. The SMILES string of the molecule is Nc1ccc(OCC(O)CN2CCC(CCO)C2)cc1. The molecule has 0 spiro atoms. The quantitative estimate of drug-likeness (QED) is 0.641. The Morgan fingerprint density at radius 3 is 2.80 bits per heavy atom. The van der Waals surface area contributed by atoms with Crippen molar-refractivity contribution in [1.82, 2.24) is 4.90 Å². The van der Waals surface area contributed by atoms with E-state index in [1.807, 2.05) is 0 Å². The van der Waals surface area contributed by atoms with Gasteiger partial charge in [0.05, 0.1) is 0 Å². The average Bonchev–Trinajstić information content (AvgIpc) is 2.86. The molecular weight excluding hydrogens is 256 g/mol. The maximum Gasteiger partial charge on any atom is 0.119 e. The molecule has 112 valence electrons. The number of nitrogen functional groups attached to an aromatic ring is 1. The van der Waals surface area contributed by atoms with Gasteiger partial charge in [0.15, 0.2) is 0 Å². The Labute approximate surface area is 120 Å². The largest absolute Gasteiger partial charge is 0.491 e. The highest BCUT2D eigenvalue weighted by Crippen LogP contribution is 2.19. The third kappa shape index (κ3) is 4.67. The second-order valence-electron chi connectivity index (χ2n) is 5.46. The molecule has 0 bridgehead atoms. The van der Waals surface area contributed by atoms with Gasteiger partial charge in [0, 0.05) is 25.4 Å². The van der Waals surface area contributed by atoms with Crippen LogP contribution in [0.2, 0.25) is 0 Å². The predicted octanol–water partition coefficient (Wildman–Crippen LogP) is 0.713. The van der Waals surface area contributed by atoms with Crippen LogP contribution in [0.1, 0.15) is 12.8 Å². The lowest BCUT2D eigenvalue weighted by molar-refractivity contribution is 0.0743. The fraction of sp³-hybridized carbons (Fsp3) is 0.600. The number of nitrogens with two attached hydrogens (primary N) is 1. The molecule has 1 saturated heterocycles. The van der Waals surface area contributed by atoms with Crippen LogP contribution < -0.4 is 10.5 Å². The molecule has 1 heterocycles. The molecule has 1 aliphatic heterocycles. The number of hydrogen-bond acceptors (Lipinski definition) is 5. The van der Waals surface area contributed by atoms with Crippen molar-refractivity contribution in [2.45, 2.75) is 18.9 Å². The number of ether oxygens (including phenoxy) is 1. The monoisotopic (exact) mass is 280 g/mol. The van der Waals surface area contributed by atoms with Crippen LogP contribution in [0.3, 0.4) is 0 Å². The smallest absolute Gasteiger partial charge is 0.119 e. The van der Waals surface area contributed by atoms with Crippen LogP contribution >= 0.6 is 0 Å². The average molecular weight is 280 g/mol. The number of β-amino-alcohol motifs (C(OH)–C–C–N with tert-alkyl or cyclic N) is 1. The molecule has 0 amide bonds. The van der Waals surface area contributed by atoms with E-state index in [4.69, 9.17) is 15.6 Å². The van der Waals surface area contributed by atoms with Crippen LogP contribution in [-0.2, 0) is 0 Å². The molecule has 5 heteroatoms. The van der Waals surface area contributed by atoms with Gasteiger partial charge in [-0.25, -0.2) is 0 Å². The highest BCUT2D eigenvalue weighted by Gasteiger charge is 2.23. The van der Waals surface area contributed by atoms with Crippen LogP contribution in [0.25, 0.3) is 0 Å². The Bertz CT molecular complexity index is 397. The van der Waals surface area contributed by atoms with E-state index < -0.39 is 6.10 Å². The fourth-order valence-corrected chi connectivity index (χ4v) is 2.60. The number of likely N-dealkylation sites (tertiary alicyclic amines) is 1. The zero-order chi connectivity index (χ0) is 14.4. The van der Waals surface area contributed by atoms with Crippen molar-refractivity contribution < 1.29 is 14.9 Å². The summed E-state index contributed by atoms with van der Waals surface area (Å²) in [7, 11) is 0. The molecule has 20 heavy (non-hydrogen) atoms. The Hall–Kier alpha value is -1.30. The second kappa shape index (κ2) is 7.47. The van der Waals surface area contributed by atoms with E-state index in [-0.39, 0.29) is 13.2 Å². The standard InChI is InChI=1S/C15H24N2O3/c16-13-1-3-15(4-2-13)20-11-14(19)10-17-7-5-12(9-17)6-8-18/h1-4,12,14,18-19H,5-11,16H2. The number of benzene rings is 1. The summed E-state index contributed by atoms with van der Waals surface area (Å²) < 4.78 is 5.54. The van der Waals surface area contributed by atoms with E-state index in [9.17, 15) is 5.11 Å². The van der Waals surface area contributed by atoms with E-state index in [1.54, 1.807) is 24.3 Å². The van der Waals surface area contributed by atoms with E-state index in [1.165, 1.54) is 0 Å². The number of aliphatic hydroxyl groups is 2. The second-order valence-corrected chi connectivity index (χ2v) is 5.46. The Morgan fingerprint density at radius 2 is 2.10 bits per heavy atom. The van der Waals surface area contributed by atoms with Gasteiger partial charge in [0.1, 0.15) is 18.5 Å². The lowest BCUT2D eigenvalue weighted by atomic mass is 10.1. The molecule has 1 fully saturated rings. The van der Waals surface area contributed by atoms with E-state index >= 15 is 0 Å². The lowest BCUT2D eigenvalue weighted by Gasteiger charge is -2.20. The van der Waals surface area contributed by atoms with Crippen LogP contribution in [-0.4, -0.2) is 54.1 Å². The summed E-state index contributed by atoms with van der Waals surface area (Å²) in [6.07, 6.45) is 1.46. The van der Waals surface area contributed by atoms with Gasteiger partial charge in [0.25, 0.3) is 0 Å². The van der Waals surface area contributed by atoms with Gasteiger partial charge in [-0.15, -0.1) is 0 Å². The predicted molar refractivity (Wildman–Crippen MR) is 78.6 cm³/mol. The molecule has 0 aromatic heterocycles. The summed E-state index contributed by atoms with van der Waals surface area (Å²) in [6, 6.07) is 7.16. The first-order valence-electron chi connectivity index (χ1n) is 7.17. The van der Waals surface area contributed by atoms with Gasteiger partial charge < -0.3 is 25.6 Å². The van der Waals surface area contributed by atoms with Gasteiger partial charge in [0.2, 0.25) is 0 Å². The Kier molecular flexibility index (Phi) is 5.64. The Balaban J connectivity index is 1.68. The lowest BCUT2D eigenvalue weighted by Crippen LogP contribution is -2.34. The minimum absolute atomic E-state index is 0.251. The number of rotatable bonds is 7. The fourth-order valence-electron chi connectivity index (χ4n) is 2.60. The van der Waals surface area contributed by atoms with E-state index in [0.717, 1.165) is 31.7 Å². The van der Waals surface area contributed by atoms with Gasteiger partial charge in [-0.1, -0.05) is 0 Å². The molecule has 1 aromatic carbocycles. The van der Waals surface area contributed by atoms with Crippen molar-refractivity contribution in [3.8, 4) is 5.75 Å². The first-order valence-corrected chi connectivity index (χ1v) is 7.17. The zero-order valence-corrected chi connectivity index (χ0v) is 11.7. The summed E-state index contributed by atoms with van der Waals surface area (Å²) in [5.74, 6) is 1.28. The van der Waals surface area contributed by atoms with E-state index in [2.05, 4.69) is 4.90 Å². The van der Waals surface area contributed by atoms with Crippen LogP contribution in [0.5, 0.6) is 5.75 Å². The topological polar surface area (TPSA) is 79.0 Å². The third-order valence-electron chi connectivity index (χ3n) is 3.70. The molecule has 1 aromatic rings. The highest BCUT2D eigenvalue weighted by atomic mass is 16.5. The number of nitrogens with zero attached hydrogens (tertiary/aromatic N) is 1. The van der Waals surface area contributed by atoms with Crippen LogP contribution in [0.15, 0.2) is 24.3 Å². The highest BCUT2D eigenvalue weighted by molar-refractivity contribution is 5.41. The molecule has 5 nitrogen and oxygen atoms in total. The normalized spacial score (nSPS) is 21.0. The maximum absolute atomic E-state index is 10.0. The van der Waals surface area contributed by atoms with Gasteiger partial charge in [-0.05, 0) is 49.6 Å². The first-order chi connectivity index (χ1) is 9.67. The molecule has 4 N–H and O–H groups in total. The van der Waals surface area contributed by atoms with Crippen LogP contribution in [0, 0.1) is 5.92 Å². The molecular formula is C15H24N2O3. The maximum atomic E-state index is 10.0. The molecule has 1 aliphatic rings. The minimum atomic E-state index is -0.500. The molecule has 2 atom stereocenters. The molecule has 0 radical (unpaired) electrons. The van der Waals surface area contributed by atoms with Gasteiger partial charge >= 0.3 is 0 Å². The van der Waals surface area contributed by atoms with Crippen LogP contribution in [0.4, 0.5) is 5.69 Å². The van der Waals surface area contributed by atoms with Crippen molar-refractivity contribution >= 4 is 5.69 Å². The summed E-state index contributed by atoms with van der Waals surface area (Å²) in [5, 5.41) is 18.9. The summed E-state index contributed by atoms with van der Waals surface area (Å²) in [6.45, 7) is 3.10. The zero-order valence-electron chi connectivity index (χ0n) is 11.7. The number of aliphatic hydroxyl groups excluding tert-OH is 2. The van der Waals surface area contributed by atoms with Crippen molar-refractivity contribution in [2.75, 3.05) is 38.6 Å². The van der Waals surface area contributed by atoms with Crippen molar-refractivity contribution in [2.24, 2.45) is 5.92 Å². The Morgan fingerprint density at radius 1 is 1.35 bits per heavy atom. The summed E-state index contributed by atoms with van der Waals surface area (Å²) in [4.78, 5) is 2.23. The number of hydrogen-bond donors (Lipinski definition) is 3. The first kappa shape index (κ1) is 15.1. The molecule has 2 rings (SSSR count). The van der Waals surface area contributed by atoms with E-state index in [0.29, 0.717) is 18.2 Å².